The number of benzene rings is 1. The molecule has 1 aliphatic heterocycles. The molecule has 1 aromatic carbocycles. The summed E-state index contributed by atoms with van der Waals surface area (Å²) in [5.41, 5.74) is 0.725. The molecule has 1 fully saturated rings. The molecule has 0 aromatic heterocycles. The van der Waals surface area contributed by atoms with Crippen molar-refractivity contribution in [2.75, 3.05) is 19.1 Å². The van der Waals surface area contributed by atoms with E-state index >= 15 is 0 Å². The third-order valence-corrected chi connectivity index (χ3v) is 5.53. The number of ether oxygens (including phenoxy) is 1. The number of thioether (sulfide) groups is 1. The van der Waals surface area contributed by atoms with Crippen molar-refractivity contribution in [3.05, 3.63) is 35.9 Å². The molecule has 27 heavy (non-hydrogen) atoms. The first-order chi connectivity index (χ1) is 13.0. The van der Waals surface area contributed by atoms with E-state index in [2.05, 4.69) is 10.6 Å². The van der Waals surface area contributed by atoms with Crippen molar-refractivity contribution in [2.45, 2.75) is 50.1 Å². The molecule has 1 saturated heterocycles. The van der Waals surface area contributed by atoms with Crippen molar-refractivity contribution in [2.24, 2.45) is 0 Å². The predicted octanol–water partition coefficient (Wildman–Crippen LogP) is 2.07. The highest BCUT2D eigenvalue weighted by atomic mass is 32.2. The molecule has 0 radical (unpaired) electrons. The minimum Gasteiger partial charge on any atom is -0.467 e. The Morgan fingerprint density at radius 2 is 2.07 bits per heavy atom. The lowest BCUT2D eigenvalue weighted by Gasteiger charge is -2.29. The van der Waals surface area contributed by atoms with E-state index < -0.39 is 17.6 Å². The van der Waals surface area contributed by atoms with Gasteiger partial charge in [0.05, 0.1) is 7.11 Å². The van der Waals surface area contributed by atoms with Crippen LogP contribution >= 0.6 is 11.8 Å². The zero-order chi connectivity index (χ0) is 19.7. The van der Waals surface area contributed by atoms with Crippen LogP contribution < -0.4 is 10.6 Å². The fourth-order valence-corrected chi connectivity index (χ4v) is 3.89. The van der Waals surface area contributed by atoms with Gasteiger partial charge in [-0.1, -0.05) is 30.3 Å². The summed E-state index contributed by atoms with van der Waals surface area (Å²) in [7, 11) is 1.32. The van der Waals surface area contributed by atoms with E-state index in [-0.39, 0.29) is 18.2 Å². The first-order valence-corrected chi connectivity index (χ1v) is 10.6. The average Bonchev–Trinajstić information content (AvgIpc) is 3.04. The Kier molecular flexibility index (Phi) is 8.16. The summed E-state index contributed by atoms with van der Waals surface area (Å²) in [5, 5.41) is 5.86. The molecule has 148 valence electrons. The lowest BCUT2D eigenvalue weighted by Crippen LogP contribution is -2.46. The minimum atomic E-state index is -0.627. The van der Waals surface area contributed by atoms with E-state index in [0.29, 0.717) is 32.1 Å². The predicted molar refractivity (Wildman–Crippen MR) is 106 cm³/mol. The fraction of sp³-hybridized carbons (Fsp3) is 0.550. The first kappa shape index (κ1) is 21.3. The van der Waals surface area contributed by atoms with Gasteiger partial charge in [-0.3, -0.25) is 9.59 Å². The third-order valence-electron chi connectivity index (χ3n) is 4.88. The van der Waals surface area contributed by atoms with Crippen LogP contribution in [0, 0.1) is 0 Å². The van der Waals surface area contributed by atoms with Crippen molar-refractivity contribution in [1.82, 2.24) is 10.6 Å². The van der Waals surface area contributed by atoms with Crippen LogP contribution in [0.2, 0.25) is 0 Å². The Balaban J connectivity index is 1.96. The smallest absolute Gasteiger partial charge is 0.328 e. The molecule has 2 rings (SSSR count). The highest BCUT2D eigenvalue weighted by Gasteiger charge is 2.38. The molecule has 7 heteroatoms. The Morgan fingerprint density at radius 1 is 1.33 bits per heavy atom. The number of amides is 2. The monoisotopic (exact) mass is 392 g/mol. The Hall–Kier alpha value is -2.02. The molecule has 0 saturated carbocycles. The van der Waals surface area contributed by atoms with Crippen molar-refractivity contribution < 1.29 is 19.1 Å². The molecule has 2 amide bonds. The van der Waals surface area contributed by atoms with E-state index in [1.165, 1.54) is 7.11 Å². The molecule has 6 nitrogen and oxygen atoms in total. The average molecular weight is 393 g/mol. The maximum atomic E-state index is 12.4. The molecule has 2 atom stereocenters. The zero-order valence-corrected chi connectivity index (χ0v) is 16.8. The summed E-state index contributed by atoms with van der Waals surface area (Å²) in [6.07, 6.45) is 5.15. The van der Waals surface area contributed by atoms with Crippen molar-refractivity contribution in [3.63, 3.8) is 0 Å². The van der Waals surface area contributed by atoms with E-state index in [0.717, 1.165) is 11.3 Å². The number of rotatable bonds is 10. The number of carbonyl (C=O) groups excluding carboxylic acids is 3. The zero-order valence-electron chi connectivity index (χ0n) is 16.0. The normalized spacial score (nSPS) is 20.0. The molecule has 0 aliphatic carbocycles. The van der Waals surface area contributed by atoms with Gasteiger partial charge in [0.25, 0.3) is 0 Å². The summed E-state index contributed by atoms with van der Waals surface area (Å²) in [5.74, 6) is 0.165. The summed E-state index contributed by atoms with van der Waals surface area (Å²) in [6, 6.07) is 9.33. The number of hydrogen-bond acceptors (Lipinski definition) is 5. The van der Waals surface area contributed by atoms with Crippen LogP contribution in [0.5, 0.6) is 0 Å². The fourth-order valence-electron chi connectivity index (χ4n) is 3.41. The van der Waals surface area contributed by atoms with E-state index in [9.17, 15) is 14.4 Å². The van der Waals surface area contributed by atoms with Crippen LogP contribution in [0.1, 0.15) is 37.7 Å². The second kappa shape index (κ2) is 10.3. The third kappa shape index (κ3) is 6.57. The standard InChI is InChI=1S/C20H28N2O4S/c1-26-19(25)16(10-13-27-2)21-17(23)8-11-20(12-9-18(24)22-20)14-15-6-4-3-5-7-15/h3-7,16H,8-14H2,1-2H3,(H,21,23)(H,22,24)/t16-,20+/m1/s1. The lowest BCUT2D eigenvalue weighted by molar-refractivity contribution is -0.145. The van der Waals surface area contributed by atoms with Crippen LogP contribution in [0.15, 0.2) is 30.3 Å². The van der Waals surface area contributed by atoms with Gasteiger partial charge < -0.3 is 15.4 Å². The summed E-state index contributed by atoms with van der Waals surface area (Å²) >= 11 is 1.61. The number of carbonyl (C=O) groups is 3. The molecular formula is C20H28N2O4S. The molecule has 0 unspecified atom stereocenters. The van der Waals surface area contributed by atoms with Crippen LogP contribution in [0.4, 0.5) is 0 Å². The Labute approximate surface area is 164 Å². The van der Waals surface area contributed by atoms with E-state index in [1.807, 2.05) is 36.6 Å². The van der Waals surface area contributed by atoms with Crippen LogP contribution in [0.25, 0.3) is 0 Å². The van der Waals surface area contributed by atoms with Gasteiger partial charge in [-0.15, -0.1) is 0 Å². The number of esters is 1. The van der Waals surface area contributed by atoms with Crippen LogP contribution in [-0.4, -0.2) is 48.5 Å². The number of hydrogen-bond donors (Lipinski definition) is 2. The highest BCUT2D eigenvalue weighted by Crippen LogP contribution is 2.29. The molecular weight excluding hydrogens is 364 g/mol. The SMILES string of the molecule is COC(=O)[C@@H](CCSC)NC(=O)CC[C@@]1(Cc2ccccc2)CCC(=O)N1. The van der Waals surface area contributed by atoms with Gasteiger partial charge in [0.1, 0.15) is 6.04 Å². The lowest BCUT2D eigenvalue weighted by atomic mass is 9.85. The largest absolute Gasteiger partial charge is 0.467 e. The van der Waals surface area contributed by atoms with Crippen LogP contribution in [-0.2, 0) is 25.5 Å². The second-order valence-electron chi connectivity index (χ2n) is 6.92. The topological polar surface area (TPSA) is 84.5 Å². The van der Waals surface area contributed by atoms with Gasteiger partial charge in [-0.2, -0.15) is 11.8 Å². The minimum absolute atomic E-state index is 0.0266. The van der Waals surface area contributed by atoms with Crippen molar-refractivity contribution >= 4 is 29.5 Å². The van der Waals surface area contributed by atoms with Crippen molar-refractivity contribution in [3.8, 4) is 0 Å². The Bertz CT molecular complexity index is 653. The highest BCUT2D eigenvalue weighted by molar-refractivity contribution is 7.98. The van der Waals surface area contributed by atoms with Gasteiger partial charge in [-0.25, -0.2) is 4.79 Å². The number of nitrogens with one attached hydrogen (secondary N) is 2. The summed E-state index contributed by atoms with van der Waals surface area (Å²) in [6.45, 7) is 0. The van der Waals surface area contributed by atoms with Gasteiger partial charge in [-0.05, 0) is 43.3 Å². The first-order valence-electron chi connectivity index (χ1n) is 9.19. The molecule has 0 bridgehead atoms. The Morgan fingerprint density at radius 3 is 2.67 bits per heavy atom. The maximum absolute atomic E-state index is 12.4. The van der Waals surface area contributed by atoms with E-state index in [4.69, 9.17) is 4.74 Å². The molecule has 1 aromatic rings. The van der Waals surface area contributed by atoms with Crippen LogP contribution in [0.3, 0.4) is 0 Å². The number of methoxy groups -OCH3 is 1. The summed E-state index contributed by atoms with van der Waals surface area (Å²) in [4.78, 5) is 36.1. The second-order valence-corrected chi connectivity index (χ2v) is 7.90. The maximum Gasteiger partial charge on any atom is 0.328 e. The summed E-state index contributed by atoms with van der Waals surface area (Å²) < 4.78 is 4.78. The molecule has 1 heterocycles. The van der Waals surface area contributed by atoms with Gasteiger partial charge in [0.2, 0.25) is 11.8 Å². The molecule has 1 aliphatic rings. The van der Waals surface area contributed by atoms with Gasteiger partial charge in [0.15, 0.2) is 0 Å². The van der Waals surface area contributed by atoms with Crippen molar-refractivity contribution in [1.29, 1.82) is 0 Å². The molecule has 2 N–H and O–H groups in total. The van der Waals surface area contributed by atoms with Gasteiger partial charge >= 0.3 is 5.97 Å². The quantitative estimate of drug-likeness (QED) is 0.596. The van der Waals surface area contributed by atoms with E-state index in [1.54, 1.807) is 11.8 Å². The van der Waals surface area contributed by atoms with Gasteiger partial charge in [0, 0.05) is 18.4 Å². The molecule has 0 spiro atoms.